The van der Waals surface area contributed by atoms with E-state index in [9.17, 15) is 9.59 Å². The standard InChI is InChI=1S/C35H68O11/c1-3-5-7-9-11-13-15-17-35(37)46-33-31-44-29-27-42-25-23-40-21-19-38-18-20-39-22-24-41-26-28-43-30-32-45-34(36)16-14-12-10-8-6-4-2/h3-33H2,1-2H3. The van der Waals surface area contributed by atoms with Gasteiger partial charge in [-0.25, -0.2) is 0 Å². The van der Waals surface area contributed by atoms with Crippen molar-refractivity contribution in [2.24, 2.45) is 0 Å². The molecule has 0 radical (unpaired) electrons. The van der Waals surface area contributed by atoms with Crippen LogP contribution < -0.4 is 0 Å². The fourth-order valence-electron chi connectivity index (χ4n) is 4.27. The molecule has 0 saturated carbocycles. The second kappa shape index (κ2) is 39.8. The summed E-state index contributed by atoms with van der Waals surface area (Å²) in [6.45, 7) is 11.5. The summed E-state index contributed by atoms with van der Waals surface area (Å²) >= 11 is 0. The summed E-state index contributed by atoms with van der Waals surface area (Å²) in [6.07, 6.45) is 16.2. The molecule has 11 nitrogen and oxygen atoms in total. The quantitative estimate of drug-likeness (QED) is 0.0562. The van der Waals surface area contributed by atoms with Gasteiger partial charge in [-0.15, -0.1) is 0 Å². The minimum atomic E-state index is -0.144. The SMILES string of the molecule is CCCCCCCCCC(=O)OCCOCCOCCOCCOCCOCCOCCOCCOC(=O)CCCCCCCC. The van der Waals surface area contributed by atoms with Gasteiger partial charge < -0.3 is 42.6 Å². The molecule has 0 aliphatic rings. The van der Waals surface area contributed by atoms with E-state index < -0.39 is 0 Å². The van der Waals surface area contributed by atoms with Crippen LogP contribution in [0, 0.1) is 0 Å². The van der Waals surface area contributed by atoms with E-state index in [1.165, 1.54) is 57.8 Å². The molecule has 11 heteroatoms. The third-order valence-electron chi connectivity index (χ3n) is 6.93. The minimum Gasteiger partial charge on any atom is -0.463 e. The predicted molar refractivity (Wildman–Crippen MR) is 178 cm³/mol. The molecule has 0 atom stereocenters. The van der Waals surface area contributed by atoms with Gasteiger partial charge in [-0.2, -0.15) is 0 Å². The van der Waals surface area contributed by atoms with Gasteiger partial charge in [0.1, 0.15) is 13.2 Å². The Labute approximate surface area is 279 Å². The molecule has 46 heavy (non-hydrogen) atoms. The van der Waals surface area contributed by atoms with E-state index in [1.807, 2.05) is 0 Å². The number of unbranched alkanes of at least 4 members (excludes halogenated alkanes) is 11. The molecule has 0 unspecified atom stereocenters. The van der Waals surface area contributed by atoms with Crippen molar-refractivity contribution in [1.29, 1.82) is 0 Å². The number of ether oxygens (including phenoxy) is 9. The van der Waals surface area contributed by atoms with Gasteiger partial charge in [0.2, 0.25) is 0 Å². The first-order chi connectivity index (χ1) is 22.7. The summed E-state index contributed by atoms with van der Waals surface area (Å²) in [4.78, 5) is 23.4. The number of hydrogen-bond acceptors (Lipinski definition) is 11. The van der Waals surface area contributed by atoms with E-state index >= 15 is 0 Å². The van der Waals surface area contributed by atoms with E-state index in [-0.39, 0.29) is 25.2 Å². The van der Waals surface area contributed by atoms with E-state index in [0.717, 1.165) is 25.7 Å². The Morgan fingerprint density at radius 2 is 0.522 bits per heavy atom. The van der Waals surface area contributed by atoms with Gasteiger partial charge in [-0.1, -0.05) is 84.5 Å². The molecule has 0 aromatic rings. The van der Waals surface area contributed by atoms with Gasteiger partial charge in [0.15, 0.2) is 0 Å². The van der Waals surface area contributed by atoms with Crippen LogP contribution in [0.15, 0.2) is 0 Å². The van der Waals surface area contributed by atoms with Gasteiger partial charge in [0.25, 0.3) is 0 Å². The molecule has 274 valence electrons. The Morgan fingerprint density at radius 3 is 0.783 bits per heavy atom. The molecule has 0 aliphatic carbocycles. The Kier molecular flexibility index (Phi) is 38.7. The second-order valence-corrected chi connectivity index (χ2v) is 11.1. The summed E-state index contributed by atoms with van der Waals surface area (Å²) in [7, 11) is 0. The normalized spacial score (nSPS) is 11.3. The number of rotatable bonds is 39. The van der Waals surface area contributed by atoms with Crippen LogP contribution in [0.1, 0.15) is 110 Å². The van der Waals surface area contributed by atoms with Crippen LogP contribution in [0.25, 0.3) is 0 Å². The summed E-state index contributed by atoms with van der Waals surface area (Å²) in [5, 5.41) is 0. The Bertz CT molecular complexity index is 621. The molecule has 0 fully saturated rings. The number of carbonyl (C=O) groups excluding carboxylic acids is 2. The van der Waals surface area contributed by atoms with E-state index in [4.69, 9.17) is 42.6 Å². The summed E-state index contributed by atoms with van der Waals surface area (Å²) in [5.74, 6) is -0.285. The van der Waals surface area contributed by atoms with Crippen molar-refractivity contribution in [3.63, 3.8) is 0 Å². The zero-order chi connectivity index (χ0) is 33.4. The lowest BCUT2D eigenvalue weighted by atomic mass is 10.1. The van der Waals surface area contributed by atoms with Crippen molar-refractivity contribution in [2.75, 3.05) is 106 Å². The lowest BCUT2D eigenvalue weighted by Crippen LogP contribution is -2.15. The highest BCUT2D eigenvalue weighted by molar-refractivity contribution is 5.69. The molecule has 0 N–H and O–H groups in total. The van der Waals surface area contributed by atoms with Crippen LogP contribution >= 0.6 is 0 Å². The maximum Gasteiger partial charge on any atom is 0.305 e. The summed E-state index contributed by atoms with van der Waals surface area (Å²) < 4.78 is 48.5. The summed E-state index contributed by atoms with van der Waals surface area (Å²) in [6, 6.07) is 0. The zero-order valence-corrected chi connectivity index (χ0v) is 29.4. The van der Waals surface area contributed by atoms with Gasteiger partial charge in [0, 0.05) is 12.8 Å². The van der Waals surface area contributed by atoms with Gasteiger partial charge in [-0.05, 0) is 12.8 Å². The monoisotopic (exact) mass is 664 g/mol. The lowest BCUT2D eigenvalue weighted by molar-refractivity contribution is -0.146. The van der Waals surface area contributed by atoms with Crippen molar-refractivity contribution in [2.45, 2.75) is 110 Å². The molecule has 0 aromatic carbocycles. The van der Waals surface area contributed by atoms with Crippen LogP contribution in [-0.4, -0.2) is 118 Å². The molecule has 0 rings (SSSR count). The predicted octanol–water partition coefficient (Wildman–Crippen LogP) is 6.08. The Hall–Kier alpha value is -1.34. The van der Waals surface area contributed by atoms with E-state index in [0.29, 0.717) is 105 Å². The van der Waals surface area contributed by atoms with E-state index in [2.05, 4.69) is 13.8 Å². The highest BCUT2D eigenvalue weighted by atomic mass is 16.6. The average Bonchev–Trinajstić information content (AvgIpc) is 3.05. The largest absolute Gasteiger partial charge is 0.463 e. The van der Waals surface area contributed by atoms with Gasteiger partial charge >= 0.3 is 11.9 Å². The van der Waals surface area contributed by atoms with Crippen molar-refractivity contribution >= 4 is 11.9 Å². The van der Waals surface area contributed by atoms with E-state index in [1.54, 1.807) is 0 Å². The first kappa shape index (κ1) is 44.7. The van der Waals surface area contributed by atoms with Gasteiger partial charge in [-0.3, -0.25) is 9.59 Å². The third-order valence-corrected chi connectivity index (χ3v) is 6.93. The molecule has 0 spiro atoms. The number of carbonyl (C=O) groups is 2. The molecule has 0 aromatic heterocycles. The Morgan fingerprint density at radius 1 is 0.304 bits per heavy atom. The highest BCUT2D eigenvalue weighted by Crippen LogP contribution is 2.09. The van der Waals surface area contributed by atoms with Crippen LogP contribution in [0.3, 0.4) is 0 Å². The molecule has 0 heterocycles. The maximum atomic E-state index is 11.7. The number of hydrogen-bond donors (Lipinski definition) is 0. The smallest absolute Gasteiger partial charge is 0.305 e. The van der Waals surface area contributed by atoms with Crippen molar-refractivity contribution in [3.05, 3.63) is 0 Å². The fourth-order valence-corrected chi connectivity index (χ4v) is 4.27. The first-order valence-corrected chi connectivity index (χ1v) is 18.1. The molecular weight excluding hydrogens is 596 g/mol. The Balaban J connectivity index is 3.15. The average molecular weight is 665 g/mol. The first-order valence-electron chi connectivity index (χ1n) is 18.1. The molecule has 0 bridgehead atoms. The lowest BCUT2D eigenvalue weighted by Gasteiger charge is -2.09. The topological polar surface area (TPSA) is 117 Å². The van der Waals surface area contributed by atoms with Crippen LogP contribution in [0.2, 0.25) is 0 Å². The molecule has 0 amide bonds. The van der Waals surface area contributed by atoms with Crippen LogP contribution in [0.4, 0.5) is 0 Å². The zero-order valence-electron chi connectivity index (χ0n) is 29.4. The summed E-state index contributed by atoms with van der Waals surface area (Å²) in [5.41, 5.74) is 0. The van der Waals surface area contributed by atoms with Crippen molar-refractivity contribution in [1.82, 2.24) is 0 Å². The van der Waals surface area contributed by atoms with Crippen molar-refractivity contribution in [3.8, 4) is 0 Å². The highest BCUT2D eigenvalue weighted by Gasteiger charge is 2.04. The fraction of sp³-hybridized carbons (Fsp3) is 0.943. The molecular formula is C35H68O11. The maximum absolute atomic E-state index is 11.7. The second-order valence-electron chi connectivity index (χ2n) is 11.1. The van der Waals surface area contributed by atoms with Gasteiger partial charge in [0.05, 0.1) is 92.5 Å². The number of esters is 2. The van der Waals surface area contributed by atoms with Crippen LogP contribution in [-0.2, 0) is 52.2 Å². The minimum absolute atomic E-state index is 0.141. The molecule has 0 aliphatic heterocycles. The third kappa shape index (κ3) is 38.8. The van der Waals surface area contributed by atoms with Crippen molar-refractivity contribution < 1.29 is 52.2 Å². The molecule has 0 saturated heterocycles. The van der Waals surface area contributed by atoms with Crippen LogP contribution in [0.5, 0.6) is 0 Å².